The lowest BCUT2D eigenvalue weighted by Crippen LogP contribution is -2.40. The van der Waals surface area contributed by atoms with Crippen LogP contribution in [0.15, 0.2) is 36.5 Å². The van der Waals surface area contributed by atoms with Crippen molar-refractivity contribution in [3.8, 4) is 0 Å². The molecule has 90 valence electrons. The zero-order valence-corrected chi connectivity index (χ0v) is 10.8. The van der Waals surface area contributed by atoms with Crippen molar-refractivity contribution < 1.29 is 0 Å². The molecule has 0 aromatic heterocycles. The standard InChI is InChI=1S/C12H16N2.2ClH/c1-2-4-12(5-3-1)6-9-14-10-7-13-8-11-14;;/h1-6,9,13H,7-8,10-11H2;2*1H. The molecule has 4 heteroatoms. The van der Waals surface area contributed by atoms with Crippen molar-refractivity contribution in [2.45, 2.75) is 0 Å². The maximum absolute atomic E-state index is 3.34. The number of benzene rings is 1. The average Bonchev–Trinajstić information content (AvgIpc) is 2.29. The van der Waals surface area contributed by atoms with Crippen LogP contribution in [0, 0.1) is 0 Å². The number of rotatable bonds is 2. The van der Waals surface area contributed by atoms with E-state index in [9.17, 15) is 0 Å². The largest absolute Gasteiger partial charge is 0.375 e. The van der Waals surface area contributed by atoms with E-state index in [0.29, 0.717) is 0 Å². The molecule has 0 saturated carbocycles. The summed E-state index contributed by atoms with van der Waals surface area (Å²) in [5.74, 6) is 0. The third kappa shape index (κ3) is 4.88. The SMILES string of the molecule is C(=CN1CCNCC1)c1ccccc1.Cl.Cl. The summed E-state index contributed by atoms with van der Waals surface area (Å²) in [5.41, 5.74) is 1.27. The topological polar surface area (TPSA) is 15.3 Å². The van der Waals surface area contributed by atoms with Crippen LogP contribution in [0.1, 0.15) is 5.56 Å². The average molecular weight is 261 g/mol. The molecule has 1 aromatic rings. The van der Waals surface area contributed by atoms with Gasteiger partial charge in [-0.2, -0.15) is 0 Å². The lowest BCUT2D eigenvalue weighted by atomic mass is 10.2. The molecule has 1 aromatic carbocycles. The van der Waals surface area contributed by atoms with Gasteiger partial charge in [-0.25, -0.2) is 0 Å². The lowest BCUT2D eigenvalue weighted by Gasteiger charge is -2.25. The molecule has 0 atom stereocenters. The van der Waals surface area contributed by atoms with Crippen LogP contribution >= 0.6 is 24.8 Å². The fraction of sp³-hybridized carbons (Fsp3) is 0.333. The van der Waals surface area contributed by atoms with E-state index in [0.717, 1.165) is 26.2 Å². The van der Waals surface area contributed by atoms with Crippen LogP contribution in [0.2, 0.25) is 0 Å². The van der Waals surface area contributed by atoms with Crippen molar-refractivity contribution in [2.24, 2.45) is 0 Å². The highest BCUT2D eigenvalue weighted by molar-refractivity contribution is 5.85. The molecule has 1 fully saturated rings. The van der Waals surface area contributed by atoms with Crippen LogP contribution in [0.3, 0.4) is 0 Å². The van der Waals surface area contributed by atoms with Crippen LogP contribution in [0.5, 0.6) is 0 Å². The van der Waals surface area contributed by atoms with Crippen molar-refractivity contribution in [3.05, 3.63) is 42.1 Å². The van der Waals surface area contributed by atoms with Crippen LogP contribution in [-0.4, -0.2) is 31.1 Å². The van der Waals surface area contributed by atoms with Gasteiger partial charge in [-0.1, -0.05) is 30.3 Å². The number of halogens is 2. The van der Waals surface area contributed by atoms with E-state index < -0.39 is 0 Å². The van der Waals surface area contributed by atoms with Gasteiger partial charge in [0, 0.05) is 26.2 Å². The summed E-state index contributed by atoms with van der Waals surface area (Å²) in [6.07, 6.45) is 4.36. The summed E-state index contributed by atoms with van der Waals surface area (Å²) in [5, 5.41) is 3.34. The second-order valence-corrected chi connectivity index (χ2v) is 3.51. The van der Waals surface area contributed by atoms with Gasteiger partial charge in [0.1, 0.15) is 0 Å². The summed E-state index contributed by atoms with van der Waals surface area (Å²) < 4.78 is 0. The lowest BCUT2D eigenvalue weighted by molar-refractivity contribution is 0.326. The normalized spacial score (nSPS) is 15.4. The molecule has 16 heavy (non-hydrogen) atoms. The minimum Gasteiger partial charge on any atom is -0.375 e. The molecule has 1 heterocycles. The summed E-state index contributed by atoms with van der Waals surface area (Å²) in [4.78, 5) is 2.35. The summed E-state index contributed by atoms with van der Waals surface area (Å²) in [7, 11) is 0. The van der Waals surface area contributed by atoms with Crippen LogP contribution < -0.4 is 5.32 Å². The maximum atomic E-state index is 3.34. The van der Waals surface area contributed by atoms with Gasteiger partial charge in [0.25, 0.3) is 0 Å². The molecule has 1 aliphatic rings. The number of piperazine rings is 1. The molecule has 0 spiro atoms. The highest BCUT2D eigenvalue weighted by atomic mass is 35.5. The van der Waals surface area contributed by atoms with Crippen LogP contribution in [0.4, 0.5) is 0 Å². The van der Waals surface area contributed by atoms with Gasteiger partial charge >= 0.3 is 0 Å². The highest BCUT2D eigenvalue weighted by Gasteiger charge is 2.03. The second-order valence-electron chi connectivity index (χ2n) is 3.51. The smallest absolute Gasteiger partial charge is 0.0298 e. The van der Waals surface area contributed by atoms with Crippen LogP contribution in [0.25, 0.3) is 6.08 Å². The Labute approximate surface area is 110 Å². The van der Waals surface area contributed by atoms with E-state index in [1.165, 1.54) is 5.56 Å². The van der Waals surface area contributed by atoms with Gasteiger partial charge in [0.2, 0.25) is 0 Å². The van der Waals surface area contributed by atoms with Gasteiger partial charge in [-0.3, -0.25) is 0 Å². The first-order chi connectivity index (χ1) is 6.95. The van der Waals surface area contributed by atoms with Gasteiger partial charge < -0.3 is 10.2 Å². The second kappa shape index (κ2) is 8.45. The Bertz CT molecular complexity index is 295. The molecule has 0 unspecified atom stereocenters. The van der Waals surface area contributed by atoms with Gasteiger partial charge in [-0.05, 0) is 17.8 Å². The Balaban J connectivity index is 0.00000112. The molecule has 1 saturated heterocycles. The van der Waals surface area contributed by atoms with E-state index in [1.807, 2.05) is 6.07 Å². The quantitative estimate of drug-likeness (QED) is 0.879. The Morgan fingerprint density at radius 3 is 2.25 bits per heavy atom. The molecule has 0 bridgehead atoms. The zero-order valence-electron chi connectivity index (χ0n) is 9.13. The maximum Gasteiger partial charge on any atom is 0.0298 e. The number of hydrogen-bond acceptors (Lipinski definition) is 2. The minimum atomic E-state index is 0. The summed E-state index contributed by atoms with van der Waals surface area (Å²) in [6, 6.07) is 10.4. The number of nitrogens with one attached hydrogen (secondary N) is 1. The first kappa shape index (κ1) is 15.3. The van der Waals surface area contributed by atoms with Crippen molar-refractivity contribution in [1.29, 1.82) is 0 Å². The predicted octanol–water partition coefficient (Wildman–Crippen LogP) is 2.41. The van der Waals surface area contributed by atoms with Crippen molar-refractivity contribution in [3.63, 3.8) is 0 Å². The van der Waals surface area contributed by atoms with Gasteiger partial charge in [0.15, 0.2) is 0 Å². The Kier molecular flexibility index (Phi) is 8.08. The van der Waals surface area contributed by atoms with E-state index in [4.69, 9.17) is 0 Å². The Morgan fingerprint density at radius 2 is 1.62 bits per heavy atom. The zero-order chi connectivity index (χ0) is 9.64. The molecule has 2 rings (SSSR count). The molecule has 0 aliphatic carbocycles. The van der Waals surface area contributed by atoms with E-state index >= 15 is 0 Å². The molecular formula is C12H18Cl2N2. The third-order valence-corrected chi connectivity index (χ3v) is 2.43. The molecule has 1 aliphatic heterocycles. The molecule has 0 amide bonds. The molecule has 2 nitrogen and oxygen atoms in total. The Morgan fingerprint density at radius 1 is 1.00 bits per heavy atom. The van der Waals surface area contributed by atoms with Crippen molar-refractivity contribution in [2.75, 3.05) is 26.2 Å². The monoisotopic (exact) mass is 260 g/mol. The third-order valence-electron chi connectivity index (χ3n) is 2.43. The van der Waals surface area contributed by atoms with Crippen molar-refractivity contribution in [1.82, 2.24) is 10.2 Å². The van der Waals surface area contributed by atoms with Gasteiger partial charge in [-0.15, -0.1) is 24.8 Å². The predicted molar refractivity (Wildman–Crippen MR) is 74.4 cm³/mol. The van der Waals surface area contributed by atoms with Crippen LogP contribution in [-0.2, 0) is 0 Å². The first-order valence-corrected chi connectivity index (χ1v) is 5.13. The number of nitrogens with zero attached hydrogens (tertiary/aromatic N) is 1. The fourth-order valence-electron chi connectivity index (χ4n) is 1.59. The molecule has 1 N–H and O–H groups in total. The molecular weight excluding hydrogens is 243 g/mol. The van der Waals surface area contributed by atoms with E-state index in [2.05, 4.69) is 46.8 Å². The Hall–Kier alpha value is -0.700. The first-order valence-electron chi connectivity index (χ1n) is 5.13. The van der Waals surface area contributed by atoms with Crippen molar-refractivity contribution >= 4 is 30.9 Å². The summed E-state index contributed by atoms with van der Waals surface area (Å²) in [6.45, 7) is 4.42. The number of hydrogen-bond donors (Lipinski definition) is 1. The van der Waals surface area contributed by atoms with E-state index in [1.54, 1.807) is 0 Å². The minimum absolute atomic E-state index is 0. The van der Waals surface area contributed by atoms with Gasteiger partial charge in [0.05, 0.1) is 0 Å². The highest BCUT2D eigenvalue weighted by Crippen LogP contribution is 2.03. The fourth-order valence-corrected chi connectivity index (χ4v) is 1.59. The summed E-state index contributed by atoms with van der Waals surface area (Å²) >= 11 is 0. The van der Waals surface area contributed by atoms with E-state index in [-0.39, 0.29) is 24.8 Å². The molecule has 0 radical (unpaired) electrons.